The van der Waals surface area contributed by atoms with Gasteiger partial charge in [-0.3, -0.25) is 0 Å². The van der Waals surface area contributed by atoms with Crippen molar-refractivity contribution < 1.29 is 0 Å². The smallest absolute Gasteiger partial charge is 0.0366 e. The Morgan fingerprint density at radius 2 is 0.796 bits per heavy atom. The quantitative estimate of drug-likeness (QED) is 0.142. The van der Waals surface area contributed by atoms with Crippen LogP contribution in [0.4, 0.5) is 5.69 Å². The maximum absolute atomic E-state index is 2.46. The van der Waals surface area contributed by atoms with E-state index < -0.39 is 0 Å². The molecule has 7 aromatic rings. The maximum atomic E-state index is 2.46. The zero-order valence-corrected chi connectivity index (χ0v) is 29.8. The van der Waals surface area contributed by atoms with Gasteiger partial charge in [-0.15, -0.1) is 0 Å². The molecule has 244 valence electrons. The van der Waals surface area contributed by atoms with Gasteiger partial charge < -0.3 is 4.90 Å². The molecule has 0 saturated carbocycles. The normalized spacial score (nSPS) is 11.6. The van der Waals surface area contributed by atoms with Gasteiger partial charge in [0.1, 0.15) is 0 Å². The highest BCUT2D eigenvalue weighted by molar-refractivity contribution is 6.09. The van der Waals surface area contributed by atoms with E-state index in [1.54, 1.807) is 0 Å². The number of nitrogens with zero attached hydrogens (tertiary/aromatic N) is 1. The van der Waals surface area contributed by atoms with Crippen LogP contribution in [0.15, 0.2) is 140 Å². The molecule has 0 fully saturated rings. The third-order valence-corrected chi connectivity index (χ3v) is 10.2. The van der Waals surface area contributed by atoms with Gasteiger partial charge in [-0.25, -0.2) is 0 Å². The predicted molar refractivity (Wildman–Crippen MR) is 215 cm³/mol. The summed E-state index contributed by atoms with van der Waals surface area (Å²) in [6.45, 7) is 15.8. The molecule has 0 aromatic heterocycles. The SMILES string of the molecule is CCN(CC)c1ccc(-c2ccc(-c3ccc4c(C(C)C)c5cc(-c6ccccc6-c6ccccc6)ccc5c(C(C)C)c4c3)cc2)cc1. The van der Waals surface area contributed by atoms with Crippen molar-refractivity contribution in [3.63, 3.8) is 0 Å². The van der Waals surface area contributed by atoms with Crippen molar-refractivity contribution in [2.24, 2.45) is 0 Å². The Hall–Kier alpha value is -5.14. The van der Waals surface area contributed by atoms with Crippen molar-refractivity contribution in [1.29, 1.82) is 0 Å². The molecule has 0 spiro atoms. The summed E-state index contributed by atoms with van der Waals surface area (Å²) in [5, 5.41) is 5.48. The summed E-state index contributed by atoms with van der Waals surface area (Å²) in [6.07, 6.45) is 0. The number of hydrogen-bond acceptors (Lipinski definition) is 1. The summed E-state index contributed by atoms with van der Waals surface area (Å²) in [7, 11) is 0. The number of anilines is 1. The number of hydrogen-bond donors (Lipinski definition) is 0. The zero-order valence-electron chi connectivity index (χ0n) is 29.8. The molecule has 0 heterocycles. The van der Waals surface area contributed by atoms with Crippen molar-refractivity contribution in [3.8, 4) is 44.5 Å². The summed E-state index contributed by atoms with van der Waals surface area (Å²) >= 11 is 0. The third-order valence-electron chi connectivity index (χ3n) is 10.2. The predicted octanol–water partition coefficient (Wildman–Crippen LogP) is 13.8. The summed E-state index contributed by atoms with van der Waals surface area (Å²) < 4.78 is 0. The molecule has 0 aliphatic heterocycles. The topological polar surface area (TPSA) is 3.24 Å². The maximum Gasteiger partial charge on any atom is 0.0366 e. The Bertz CT molecular complexity index is 2220. The lowest BCUT2D eigenvalue weighted by Gasteiger charge is -2.23. The van der Waals surface area contributed by atoms with E-state index in [1.807, 2.05) is 0 Å². The van der Waals surface area contributed by atoms with Gasteiger partial charge in [0, 0.05) is 18.8 Å². The minimum atomic E-state index is 0.379. The van der Waals surface area contributed by atoms with Crippen LogP contribution in [0.3, 0.4) is 0 Å². The largest absolute Gasteiger partial charge is 0.372 e. The molecule has 0 atom stereocenters. The molecule has 0 unspecified atom stereocenters. The van der Waals surface area contributed by atoms with Crippen LogP contribution in [0.5, 0.6) is 0 Å². The fourth-order valence-electron chi connectivity index (χ4n) is 7.80. The Labute approximate surface area is 292 Å². The molecular weight excluding hydrogens is 591 g/mol. The second-order valence-electron chi connectivity index (χ2n) is 13.9. The van der Waals surface area contributed by atoms with Crippen molar-refractivity contribution in [1.82, 2.24) is 0 Å². The number of benzene rings is 7. The Morgan fingerprint density at radius 3 is 1.31 bits per heavy atom. The van der Waals surface area contributed by atoms with E-state index in [0.29, 0.717) is 11.8 Å². The van der Waals surface area contributed by atoms with Crippen molar-refractivity contribution in [2.75, 3.05) is 18.0 Å². The van der Waals surface area contributed by atoms with Crippen molar-refractivity contribution >= 4 is 27.2 Å². The van der Waals surface area contributed by atoms with Crippen molar-refractivity contribution in [3.05, 3.63) is 151 Å². The summed E-state index contributed by atoms with van der Waals surface area (Å²) in [4.78, 5) is 2.38. The van der Waals surface area contributed by atoms with Gasteiger partial charge in [0.2, 0.25) is 0 Å². The lowest BCUT2D eigenvalue weighted by atomic mass is 9.81. The van der Waals surface area contributed by atoms with Crippen LogP contribution in [0.1, 0.15) is 64.5 Å². The van der Waals surface area contributed by atoms with Gasteiger partial charge in [-0.2, -0.15) is 0 Å². The first-order valence-corrected chi connectivity index (χ1v) is 18.0. The van der Waals surface area contributed by atoms with Gasteiger partial charge in [-0.05, 0) is 127 Å². The van der Waals surface area contributed by atoms with Gasteiger partial charge in [0.15, 0.2) is 0 Å². The van der Waals surface area contributed by atoms with E-state index in [9.17, 15) is 0 Å². The molecule has 7 rings (SSSR count). The number of rotatable bonds is 9. The minimum Gasteiger partial charge on any atom is -0.372 e. The highest BCUT2D eigenvalue weighted by Crippen LogP contribution is 2.44. The highest BCUT2D eigenvalue weighted by Gasteiger charge is 2.20. The van der Waals surface area contributed by atoms with Gasteiger partial charge in [0.25, 0.3) is 0 Å². The zero-order chi connectivity index (χ0) is 34.1. The van der Waals surface area contributed by atoms with Gasteiger partial charge >= 0.3 is 0 Å². The molecule has 49 heavy (non-hydrogen) atoms. The van der Waals surface area contributed by atoms with Gasteiger partial charge in [-0.1, -0.05) is 143 Å². The van der Waals surface area contributed by atoms with E-state index in [1.165, 1.54) is 82.9 Å². The van der Waals surface area contributed by atoms with Crippen LogP contribution in [0.2, 0.25) is 0 Å². The molecular formula is C48H47N. The molecule has 0 N–H and O–H groups in total. The first kappa shape index (κ1) is 32.4. The van der Waals surface area contributed by atoms with E-state index >= 15 is 0 Å². The molecule has 0 saturated heterocycles. The second kappa shape index (κ2) is 13.8. The molecule has 0 aliphatic rings. The first-order chi connectivity index (χ1) is 23.9. The van der Waals surface area contributed by atoms with E-state index in [2.05, 4.69) is 186 Å². The number of fused-ring (bicyclic) bond motifs is 2. The van der Waals surface area contributed by atoms with Crippen LogP contribution in [-0.2, 0) is 0 Å². The third kappa shape index (κ3) is 6.15. The summed E-state index contributed by atoms with van der Waals surface area (Å²) in [6, 6.07) is 52.0. The monoisotopic (exact) mass is 637 g/mol. The molecule has 0 radical (unpaired) electrons. The average molecular weight is 638 g/mol. The van der Waals surface area contributed by atoms with Crippen molar-refractivity contribution in [2.45, 2.75) is 53.4 Å². The minimum absolute atomic E-state index is 0.379. The fourth-order valence-corrected chi connectivity index (χ4v) is 7.80. The summed E-state index contributed by atoms with van der Waals surface area (Å²) in [5.74, 6) is 0.759. The molecule has 7 aromatic carbocycles. The van der Waals surface area contributed by atoms with Crippen LogP contribution < -0.4 is 4.90 Å². The lowest BCUT2D eigenvalue weighted by molar-refractivity contribution is 0.866. The standard InChI is InChI=1S/C48H47N/c1-7-49(8-2)40-26-22-35(23-27-40)34-18-20-36(21-19-34)38-24-28-43-45(30-38)47(32(3)4)44-29-25-39(31-46(44)48(43)33(5)6)42-17-13-12-16-41(42)37-14-10-9-11-15-37/h9-33H,7-8H2,1-6H3. The van der Waals surface area contributed by atoms with Crippen LogP contribution in [0.25, 0.3) is 66.1 Å². The van der Waals surface area contributed by atoms with Crippen LogP contribution >= 0.6 is 0 Å². The average Bonchev–Trinajstić information content (AvgIpc) is 3.14. The van der Waals surface area contributed by atoms with Crippen LogP contribution in [-0.4, -0.2) is 13.1 Å². The highest BCUT2D eigenvalue weighted by atomic mass is 15.1. The van der Waals surface area contributed by atoms with E-state index in [0.717, 1.165) is 13.1 Å². The molecule has 0 aliphatic carbocycles. The van der Waals surface area contributed by atoms with Crippen LogP contribution in [0, 0.1) is 0 Å². The molecule has 0 amide bonds. The van der Waals surface area contributed by atoms with E-state index in [-0.39, 0.29) is 0 Å². The fraction of sp³-hybridized carbons (Fsp3) is 0.208. The Balaban J connectivity index is 1.32. The van der Waals surface area contributed by atoms with E-state index in [4.69, 9.17) is 0 Å². The molecule has 0 bridgehead atoms. The molecule has 1 nitrogen and oxygen atoms in total. The molecule has 1 heteroatoms. The first-order valence-electron chi connectivity index (χ1n) is 18.0. The lowest BCUT2D eigenvalue weighted by Crippen LogP contribution is -2.21. The summed E-state index contributed by atoms with van der Waals surface area (Å²) in [5.41, 5.74) is 14.2. The second-order valence-corrected chi connectivity index (χ2v) is 13.9. The Kier molecular flexibility index (Phi) is 9.11. The van der Waals surface area contributed by atoms with Gasteiger partial charge in [0.05, 0.1) is 0 Å². The Morgan fingerprint density at radius 1 is 0.388 bits per heavy atom.